The van der Waals surface area contributed by atoms with Gasteiger partial charge in [-0.25, -0.2) is 0 Å². The monoisotopic (exact) mass is 302 g/mol. The number of carboxylic acids is 1. The van der Waals surface area contributed by atoms with Crippen LogP contribution in [0, 0.1) is 22.7 Å². The van der Waals surface area contributed by atoms with Crippen LogP contribution in [0.1, 0.15) is 59.3 Å². The van der Waals surface area contributed by atoms with Gasteiger partial charge in [0, 0.05) is 0 Å². The molecule has 2 heteroatoms. The van der Waals surface area contributed by atoms with Crippen molar-refractivity contribution in [3.8, 4) is 0 Å². The molecule has 0 aromatic rings. The van der Waals surface area contributed by atoms with Crippen LogP contribution in [0.3, 0.4) is 0 Å². The second-order valence-electron chi connectivity index (χ2n) is 7.77. The molecule has 0 spiro atoms. The highest BCUT2D eigenvalue weighted by Gasteiger charge is 2.57. The van der Waals surface area contributed by atoms with E-state index in [-0.39, 0.29) is 11.3 Å². The fourth-order valence-electron chi connectivity index (χ4n) is 5.03. The van der Waals surface area contributed by atoms with E-state index in [0.29, 0.717) is 5.92 Å². The van der Waals surface area contributed by atoms with Crippen molar-refractivity contribution in [1.29, 1.82) is 0 Å². The molecular formula is C20H30O2. The van der Waals surface area contributed by atoms with Gasteiger partial charge in [0.1, 0.15) is 0 Å². The lowest BCUT2D eigenvalue weighted by molar-refractivity contribution is -0.164. The fraction of sp³-hybridized carbons (Fsp3) is 0.650. The molecule has 2 aliphatic rings. The predicted molar refractivity (Wildman–Crippen MR) is 91.6 cm³/mol. The lowest BCUT2D eigenvalue weighted by Gasteiger charge is -2.57. The first-order valence-corrected chi connectivity index (χ1v) is 8.46. The second kappa shape index (κ2) is 6.06. The van der Waals surface area contributed by atoms with Crippen molar-refractivity contribution in [2.45, 2.75) is 59.3 Å². The molecule has 0 saturated heterocycles. The molecule has 2 fully saturated rings. The standard InChI is InChI=1S/C20H30O2/c1-6-14(2)8-10-16-15(3)9-11-17-19(16,4)12-7-13-20(17,5)18(21)22/h6,8,16-17H,1,3,7,9-13H2,2,4-5H3,(H,21,22)/b14-8-/t16-,17?,19+,20-/m0/s1. The van der Waals surface area contributed by atoms with Crippen molar-refractivity contribution in [3.05, 3.63) is 36.5 Å². The van der Waals surface area contributed by atoms with Gasteiger partial charge in [0.15, 0.2) is 0 Å². The predicted octanol–water partition coefficient (Wildman–Crippen LogP) is 5.37. The van der Waals surface area contributed by atoms with Crippen molar-refractivity contribution >= 4 is 5.97 Å². The Kier molecular flexibility index (Phi) is 4.70. The Balaban J connectivity index is 2.36. The van der Waals surface area contributed by atoms with Crippen LogP contribution in [0.15, 0.2) is 36.5 Å². The molecule has 4 atom stereocenters. The lowest BCUT2D eigenvalue weighted by Crippen LogP contribution is -2.53. The van der Waals surface area contributed by atoms with Crippen LogP contribution in [-0.4, -0.2) is 11.1 Å². The first-order valence-electron chi connectivity index (χ1n) is 8.46. The lowest BCUT2D eigenvalue weighted by atomic mass is 9.46. The molecule has 22 heavy (non-hydrogen) atoms. The van der Waals surface area contributed by atoms with Gasteiger partial charge in [0.2, 0.25) is 0 Å². The summed E-state index contributed by atoms with van der Waals surface area (Å²) in [7, 11) is 0. The molecule has 0 aromatic heterocycles. The van der Waals surface area contributed by atoms with Gasteiger partial charge in [-0.3, -0.25) is 4.79 Å². The molecule has 122 valence electrons. The van der Waals surface area contributed by atoms with E-state index in [2.05, 4.69) is 33.1 Å². The maximum absolute atomic E-state index is 11.9. The molecule has 1 N–H and O–H groups in total. The Morgan fingerprint density at radius 3 is 2.68 bits per heavy atom. The number of carbonyl (C=O) groups is 1. The first kappa shape index (κ1) is 17.1. The van der Waals surface area contributed by atoms with Crippen LogP contribution >= 0.6 is 0 Å². The van der Waals surface area contributed by atoms with E-state index in [1.165, 1.54) is 11.1 Å². The first-order chi connectivity index (χ1) is 10.3. The molecule has 0 radical (unpaired) electrons. The van der Waals surface area contributed by atoms with Gasteiger partial charge in [-0.1, -0.05) is 49.8 Å². The van der Waals surface area contributed by atoms with Crippen molar-refractivity contribution in [2.75, 3.05) is 0 Å². The van der Waals surface area contributed by atoms with E-state index >= 15 is 0 Å². The minimum Gasteiger partial charge on any atom is -0.481 e. The highest BCUT2D eigenvalue weighted by atomic mass is 16.4. The largest absolute Gasteiger partial charge is 0.481 e. The van der Waals surface area contributed by atoms with Crippen LogP contribution < -0.4 is 0 Å². The summed E-state index contributed by atoms with van der Waals surface area (Å²) in [6, 6.07) is 0. The Hall–Kier alpha value is -1.31. The van der Waals surface area contributed by atoms with Crippen LogP contribution in [0.2, 0.25) is 0 Å². The molecule has 0 bridgehead atoms. The fourth-order valence-corrected chi connectivity index (χ4v) is 5.03. The van der Waals surface area contributed by atoms with Crippen LogP contribution in [0.4, 0.5) is 0 Å². The number of aliphatic carboxylic acids is 1. The van der Waals surface area contributed by atoms with E-state index in [0.717, 1.165) is 38.5 Å². The van der Waals surface area contributed by atoms with Gasteiger partial charge in [0.05, 0.1) is 5.41 Å². The smallest absolute Gasteiger partial charge is 0.309 e. The maximum atomic E-state index is 11.9. The highest BCUT2D eigenvalue weighted by molar-refractivity contribution is 5.75. The van der Waals surface area contributed by atoms with Gasteiger partial charge < -0.3 is 5.11 Å². The van der Waals surface area contributed by atoms with E-state index in [4.69, 9.17) is 0 Å². The van der Waals surface area contributed by atoms with Gasteiger partial charge in [-0.15, -0.1) is 0 Å². The average molecular weight is 302 g/mol. The van der Waals surface area contributed by atoms with Gasteiger partial charge in [0.25, 0.3) is 0 Å². The topological polar surface area (TPSA) is 37.3 Å². The minimum atomic E-state index is -0.618. The molecule has 2 nitrogen and oxygen atoms in total. The number of carboxylic acid groups (broad SMARTS) is 1. The van der Waals surface area contributed by atoms with Gasteiger partial charge >= 0.3 is 5.97 Å². The zero-order valence-electron chi connectivity index (χ0n) is 14.3. The van der Waals surface area contributed by atoms with E-state index < -0.39 is 11.4 Å². The summed E-state index contributed by atoms with van der Waals surface area (Å²) < 4.78 is 0. The quantitative estimate of drug-likeness (QED) is 0.559. The number of hydrogen-bond acceptors (Lipinski definition) is 1. The molecule has 2 saturated carbocycles. The van der Waals surface area contributed by atoms with E-state index in [9.17, 15) is 9.90 Å². The second-order valence-corrected chi connectivity index (χ2v) is 7.77. The summed E-state index contributed by atoms with van der Waals surface area (Å²) >= 11 is 0. The number of rotatable bonds is 4. The Bertz CT molecular complexity index is 516. The Morgan fingerprint density at radius 2 is 2.09 bits per heavy atom. The van der Waals surface area contributed by atoms with Crippen molar-refractivity contribution in [3.63, 3.8) is 0 Å². The third-order valence-electron chi connectivity index (χ3n) is 6.51. The molecular weight excluding hydrogens is 272 g/mol. The van der Waals surface area contributed by atoms with Crippen molar-refractivity contribution in [1.82, 2.24) is 0 Å². The Morgan fingerprint density at radius 1 is 1.41 bits per heavy atom. The molecule has 2 rings (SSSR count). The number of fused-ring (bicyclic) bond motifs is 1. The molecule has 0 aromatic carbocycles. The van der Waals surface area contributed by atoms with Crippen molar-refractivity contribution in [2.24, 2.45) is 22.7 Å². The SMILES string of the molecule is C=C/C(C)=C\C[C@H]1C(=C)CCC2[C@]1(C)CCC[C@]2(C)C(=O)O. The summed E-state index contributed by atoms with van der Waals surface area (Å²) in [6.07, 6.45) is 9.95. The third kappa shape index (κ3) is 2.68. The zero-order valence-corrected chi connectivity index (χ0v) is 14.3. The number of allylic oxidation sites excluding steroid dienone is 4. The summed E-state index contributed by atoms with van der Waals surface area (Å²) in [6.45, 7) is 14.5. The summed E-state index contributed by atoms with van der Waals surface area (Å²) in [4.78, 5) is 11.9. The van der Waals surface area contributed by atoms with Crippen LogP contribution in [-0.2, 0) is 4.79 Å². The van der Waals surface area contributed by atoms with Crippen molar-refractivity contribution < 1.29 is 9.90 Å². The molecule has 1 unspecified atom stereocenters. The van der Waals surface area contributed by atoms with Gasteiger partial charge in [-0.05, 0) is 63.2 Å². The highest BCUT2D eigenvalue weighted by Crippen LogP contribution is 2.61. The Labute approximate surface area is 135 Å². The van der Waals surface area contributed by atoms with E-state index in [1.807, 2.05) is 13.0 Å². The molecule has 2 aliphatic carbocycles. The van der Waals surface area contributed by atoms with E-state index in [1.54, 1.807) is 0 Å². The normalized spacial score (nSPS) is 39.2. The van der Waals surface area contributed by atoms with Crippen LogP contribution in [0.25, 0.3) is 0 Å². The maximum Gasteiger partial charge on any atom is 0.309 e. The minimum absolute atomic E-state index is 0.0542. The molecule has 0 aliphatic heterocycles. The molecule has 0 heterocycles. The zero-order chi connectivity index (χ0) is 16.5. The van der Waals surface area contributed by atoms with Crippen LogP contribution in [0.5, 0.6) is 0 Å². The molecule has 0 amide bonds. The number of hydrogen-bond donors (Lipinski definition) is 1. The average Bonchev–Trinajstić information content (AvgIpc) is 2.45. The third-order valence-corrected chi connectivity index (χ3v) is 6.51. The summed E-state index contributed by atoms with van der Waals surface area (Å²) in [5.41, 5.74) is 1.97. The summed E-state index contributed by atoms with van der Waals surface area (Å²) in [5.74, 6) is 0.0202. The van der Waals surface area contributed by atoms with Gasteiger partial charge in [-0.2, -0.15) is 0 Å². The summed E-state index contributed by atoms with van der Waals surface area (Å²) in [5, 5.41) is 9.81.